The number of amides is 4. The van der Waals surface area contributed by atoms with Crippen molar-refractivity contribution in [2.24, 2.45) is 0 Å². The van der Waals surface area contributed by atoms with Crippen molar-refractivity contribution < 1.29 is 19.2 Å². The lowest BCUT2D eigenvalue weighted by Gasteiger charge is -2.43. The van der Waals surface area contributed by atoms with Gasteiger partial charge >= 0.3 is 0 Å². The number of aryl methyl sites for hydroxylation is 4. The minimum absolute atomic E-state index is 0.274. The lowest BCUT2D eigenvalue weighted by atomic mass is 9.84. The number of nitrogens with zero attached hydrogens (tertiary/aromatic N) is 2. The third-order valence-electron chi connectivity index (χ3n) is 9.02. The molecule has 0 saturated heterocycles. The average Bonchev–Trinajstić information content (AvgIpc) is 3.12. The van der Waals surface area contributed by atoms with Gasteiger partial charge in [0.2, 0.25) is 0 Å². The van der Waals surface area contributed by atoms with Gasteiger partial charge in [-0.3, -0.25) is 29.0 Å². The summed E-state index contributed by atoms with van der Waals surface area (Å²) in [7, 11) is 0. The van der Waals surface area contributed by atoms with Gasteiger partial charge < -0.3 is 0 Å². The van der Waals surface area contributed by atoms with Crippen LogP contribution in [0.4, 0.5) is 0 Å². The number of fused-ring (bicyclic) bond motifs is 4. The largest absolute Gasteiger partial charge is 0.269 e. The molecule has 0 fully saturated rings. The Kier molecular flexibility index (Phi) is 5.68. The fourth-order valence-corrected chi connectivity index (χ4v) is 7.44. The van der Waals surface area contributed by atoms with E-state index in [9.17, 15) is 19.2 Å². The summed E-state index contributed by atoms with van der Waals surface area (Å²) in [5.74, 6) is -1.14. The molecular weight excluding hydrogens is 476 g/mol. The Morgan fingerprint density at radius 1 is 0.500 bits per heavy atom. The Morgan fingerprint density at radius 2 is 0.763 bits per heavy atom. The first-order chi connectivity index (χ1) is 18.0. The number of rotatable bonds is 4. The molecule has 198 valence electrons. The molecule has 0 unspecified atom stereocenters. The summed E-state index contributed by atoms with van der Waals surface area (Å²) in [5, 5.41) is 0. The molecule has 0 spiro atoms. The molecule has 2 aliphatic heterocycles. The van der Waals surface area contributed by atoms with Crippen LogP contribution < -0.4 is 0 Å². The molecule has 0 aromatic heterocycles. The van der Waals surface area contributed by atoms with E-state index in [1.165, 1.54) is 32.1 Å². The van der Waals surface area contributed by atoms with E-state index in [2.05, 4.69) is 0 Å². The third kappa shape index (κ3) is 3.75. The van der Waals surface area contributed by atoms with Gasteiger partial charge in [0.15, 0.2) is 0 Å². The van der Waals surface area contributed by atoms with Crippen LogP contribution in [0.15, 0.2) is 24.3 Å². The Morgan fingerprint density at radius 3 is 1.05 bits per heavy atom. The molecule has 6 nitrogen and oxygen atoms in total. The Bertz CT molecular complexity index is 1330. The van der Waals surface area contributed by atoms with Crippen LogP contribution in [0, 0.1) is 0 Å². The molecule has 2 aliphatic carbocycles. The van der Waals surface area contributed by atoms with Gasteiger partial charge in [-0.25, -0.2) is 0 Å². The second-order valence-electron chi connectivity index (χ2n) is 12.8. The summed E-state index contributed by atoms with van der Waals surface area (Å²) in [6.07, 6.45) is 9.56. The predicted molar refractivity (Wildman–Crippen MR) is 145 cm³/mol. The zero-order valence-corrected chi connectivity index (χ0v) is 22.9. The maximum Gasteiger partial charge on any atom is 0.262 e. The lowest BCUT2D eigenvalue weighted by molar-refractivity contribution is 0.0268. The molecule has 6 rings (SSSR count). The van der Waals surface area contributed by atoms with Crippen molar-refractivity contribution >= 4 is 23.6 Å². The van der Waals surface area contributed by atoms with E-state index in [0.717, 1.165) is 57.8 Å². The summed E-state index contributed by atoms with van der Waals surface area (Å²) < 4.78 is 0. The average molecular weight is 513 g/mol. The molecular formula is C32H36N2O4. The van der Waals surface area contributed by atoms with E-state index in [1.54, 1.807) is 0 Å². The first-order valence-corrected chi connectivity index (χ1v) is 14.1. The molecule has 4 amide bonds. The van der Waals surface area contributed by atoms with E-state index >= 15 is 0 Å². The first-order valence-electron chi connectivity index (χ1n) is 14.1. The van der Waals surface area contributed by atoms with Crippen LogP contribution >= 0.6 is 0 Å². The maximum absolute atomic E-state index is 13.6. The highest BCUT2D eigenvalue weighted by Gasteiger charge is 2.51. The zero-order chi connectivity index (χ0) is 27.0. The molecule has 2 aromatic carbocycles. The highest BCUT2D eigenvalue weighted by molar-refractivity contribution is 6.23. The number of hydrogen-bond acceptors (Lipinski definition) is 4. The normalized spacial score (nSPS) is 19.4. The zero-order valence-electron chi connectivity index (χ0n) is 22.9. The molecule has 0 atom stereocenters. The van der Waals surface area contributed by atoms with Crippen LogP contribution in [-0.4, -0.2) is 44.5 Å². The number of benzene rings is 2. The minimum Gasteiger partial charge on any atom is -0.269 e. The second-order valence-corrected chi connectivity index (χ2v) is 12.8. The summed E-state index contributed by atoms with van der Waals surface area (Å²) in [6.45, 7) is 7.43. The van der Waals surface area contributed by atoms with Gasteiger partial charge in [0.05, 0.1) is 22.3 Å². The second kappa shape index (κ2) is 8.62. The predicted octanol–water partition coefficient (Wildman–Crippen LogP) is 5.67. The Balaban J connectivity index is 1.29. The van der Waals surface area contributed by atoms with Crippen LogP contribution in [0.25, 0.3) is 0 Å². The maximum atomic E-state index is 13.6. The SMILES string of the molecule is CC(C)(CC(C)(C)N1C(=O)c2cc3c(cc2C1=O)CCCC3)N1C(=O)c2cc3c(cc2C1=O)CCCCC3. The fraction of sp³-hybridized carbons (Fsp3) is 0.500. The number of carbonyl (C=O) groups is 4. The molecule has 6 heteroatoms. The van der Waals surface area contributed by atoms with Crippen LogP contribution in [0.5, 0.6) is 0 Å². The molecule has 0 radical (unpaired) electrons. The summed E-state index contributed by atoms with van der Waals surface area (Å²) in [6, 6.07) is 7.70. The summed E-state index contributed by atoms with van der Waals surface area (Å²) in [5.41, 5.74) is 4.77. The van der Waals surface area contributed by atoms with E-state index in [4.69, 9.17) is 0 Å². The molecule has 0 saturated carbocycles. The van der Waals surface area contributed by atoms with Crippen LogP contribution in [0.3, 0.4) is 0 Å². The molecule has 38 heavy (non-hydrogen) atoms. The van der Waals surface area contributed by atoms with Crippen molar-refractivity contribution in [2.45, 2.75) is 103 Å². The fourth-order valence-electron chi connectivity index (χ4n) is 7.44. The molecule has 0 bridgehead atoms. The first kappa shape index (κ1) is 25.0. The number of hydrogen-bond donors (Lipinski definition) is 0. The summed E-state index contributed by atoms with van der Waals surface area (Å²) in [4.78, 5) is 57.2. The van der Waals surface area contributed by atoms with Crippen LogP contribution in [-0.2, 0) is 25.7 Å². The van der Waals surface area contributed by atoms with Gasteiger partial charge in [-0.15, -0.1) is 0 Å². The molecule has 2 heterocycles. The van der Waals surface area contributed by atoms with Gasteiger partial charge in [-0.05, 0) is 132 Å². The standard InChI is InChI=1S/C32H36N2O4/c1-31(2,33-27(35)23-14-19-10-6-5-7-11-20(19)15-24(23)28(33)36)18-32(3,4)34-29(37)25-16-21-12-8-9-13-22(21)17-26(25)30(34)38/h14-17H,5-13,18H2,1-4H3. The number of carbonyl (C=O) groups excluding carboxylic acids is 4. The van der Waals surface area contributed by atoms with Crippen LogP contribution in [0.2, 0.25) is 0 Å². The lowest BCUT2D eigenvalue weighted by Crippen LogP contribution is -2.56. The van der Waals surface area contributed by atoms with Crippen molar-refractivity contribution in [1.29, 1.82) is 0 Å². The topological polar surface area (TPSA) is 74.8 Å². The van der Waals surface area contributed by atoms with E-state index in [-0.39, 0.29) is 30.0 Å². The smallest absolute Gasteiger partial charge is 0.262 e. The van der Waals surface area contributed by atoms with E-state index < -0.39 is 11.1 Å². The van der Waals surface area contributed by atoms with Gasteiger partial charge in [-0.2, -0.15) is 0 Å². The number of imide groups is 2. The third-order valence-corrected chi connectivity index (χ3v) is 9.02. The summed E-state index contributed by atoms with van der Waals surface area (Å²) >= 11 is 0. The Labute approximate surface area is 224 Å². The van der Waals surface area contributed by atoms with Crippen LogP contribution in [0.1, 0.15) is 130 Å². The van der Waals surface area contributed by atoms with Crippen molar-refractivity contribution in [3.63, 3.8) is 0 Å². The van der Waals surface area contributed by atoms with Gasteiger partial charge in [0.25, 0.3) is 23.6 Å². The van der Waals surface area contributed by atoms with Crippen molar-refractivity contribution in [2.75, 3.05) is 0 Å². The van der Waals surface area contributed by atoms with E-state index in [0.29, 0.717) is 22.3 Å². The molecule has 2 aromatic rings. The van der Waals surface area contributed by atoms with Crippen molar-refractivity contribution in [3.05, 3.63) is 68.8 Å². The van der Waals surface area contributed by atoms with Gasteiger partial charge in [0.1, 0.15) is 0 Å². The van der Waals surface area contributed by atoms with Gasteiger partial charge in [-0.1, -0.05) is 6.42 Å². The quantitative estimate of drug-likeness (QED) is 0.391. The molecule has 0 N–H and O–H groups in total. The van der Waals surface area contributed by atoms with Crippen molar-refractivity contribution in [3.8, 4) is 0 Å². The Hall–Kier alpha value is -3.28. The molecule has 4 aliphatic rings. The van der Waals surface area contributed by atoms with E-state index in [1.807, 2.05) is 52.0 Å². The van der Waals surface area contributed by atoms with Gasteiger partial charge in [0, 0.05) is 11.1 Å². The highest BCUT2D eigenvalue weighted by Crippen LogP contribution is 2.41. The van der Waals surface area contributed by atoms with Crippen molar-refractivity contribution in [1.82, 2.24) is 9.80 Å². The highest BCUT2D eigenvalue weighted by atomic mass is 16.2. The minimum atomic E-state index is -0.914. The monoisotopic (exact) mass is 512 g/mol.